The highest BCUT2D eigenvalue weighted by Crippen LogP contribution is 2.37. The SMILES string of the molecule is COC(=O)C[C@@H](N)c1ccc(SC(F)(F)F)cc1.Cl. The second-order valence-electron chi connectivity index (χ2n) is 3.50. The predicted molar refractivity (Wildman–Crippen MR) is 69.2 cm³/mol. The van der Waals surface area contributed by atoms with Gasteiger partial charge in [-0.15, -0.1) is 12.4 Å². The largest absolute Gasteiger partial charge is 0.469 e. The summed E-state index contributed by atoms with van der Waals surface area (Å²) in [6.07, 6.45) is -0.0116. The van der Waals surface area contributed by atoms with Crippen LogP contribution in [-0.2, 0) is 9.53 Å². The van der Waals surface area contributed by atoms with Gasteiger partial charge in [0.15, 0.2) is 0 Å². The third-order valence-electron chi connectivity index (χ3n) is 2.16. The second kappa shape index (κ2) is 7.62. The van der Waals surface area contributed by atoms with Crippen molar-refractivity contribution in [2.45, 2.75) is 22.9 Å². The van der Waals surface area contributed by atoms with E-state index in [1.807, 2.05) is 0 Å². The van der Waals surface area contributed by atoms with E-state index >= 15 is 0 Å². The molecule has 0 aliphatic rings. The lowest BCUT2D eigenvalue weighted by Gasteiger charge is -2.11. The second-order valence-corrected chi connectivity index (χ2v) is 4.64. The van der Waals surface area contributed by atoms with Crippen LogP contribution in [0.25, 0.3) is 0 Å². The molecular formula is C11H13ClF3NO2S. The molecule has 0 fully saturated rings. The number of carbonyl (C=O) groups excluding carboxylic acids is 1. The topological polar surface area (TPSA) is 52.3 Å². The van der Waals surface area contributed by atoms with Gasteiger partial charge in [-0.1, -0.05) is 12.1 Å². The van der Waals surface area contributed by atoms with E-state index in [1.54, 1.807) is 0 Å². The average molecular weight is 316 g/mol. The lowest BCUT2D eigenvalue weighted by Crippen LogP contribution is -2.16. The van der Waals surface area contributed by atoms with Crippen LogP contribution in [0.15, 0.2) is 29.2 Å². The minimum atomic E-state index is -4.31. The number of hydrogen-bond donors (Lipinski definition) is 1. The lowest BCUT2D eigenvalue weighted by atomic mass is 10.1. The Bertz CT molecular complexity index is 411. The normalized spacial score (nSPS) is 12.5. The first-order chi connectivity index (χ1) is 8.31. The Morgan fingerprint density at radius 3 is 2.32 bits per heavy atom. The zero-order chi connectivity index (χ0) is 13.8. The van der Waals surface area contributed by atoms with Gasteiger partial charge in [-0.25, -0.2) is 0 Å². The van der Waals surface area contributed by atoms with Gasteiger partial charge in [0.1, 0.15) is 0 Å². The molecule has 0 unspecified atom stereocenters. The number of benzene rings is 1. The van der Waals surface area contributed by atoms with Crippen LogP contribution >= 0.6 is 24.2 Å². The van der Waals surface area contributed by atoms with Gasteiger partial charge < -0.3 is 10.5 Å². The molecule has 0 spiro atoms. The van der Waals surface area contributed by atoms with Crippen LogP contribution in [0.4, 0.5) is 13.2 Å². The molecule has 0 aliphatic heterocycles. The van der Waals surface area contributed by atoms with Crippen molar-refractivity contribution in [1.82, 2.24) is 0 Å². The molecule has 0 heterocycles. The minimum absolute atomic E-state index is 0. The number of hydrogen-bond acceptors (Lipinski definition) is 4. The molecule has 108 valence electrons. The molecule has 8 heteroatoms. The summed E-state index contributed by atoms with van der Waals surface area (Å²) < 4.78 is 40.7. The highest BCUT2D eigenvalue weighted by Gasteiger charge is 2.29. The van der Waals surface area contributed by atoms with Crippen molar-refractivity contribution in [1.29, 1.82) is 0 Å². The molecule has 0 radical (unpaired) electrons. The molecular weight excluding hydrogens is 303 g/mol. The van der Waals surface area contributed by atoms with Gasteiger partial charge >= 0.3 is 11.5 Å². The van der Waals surface area contributed by atoms with Crippen molar-refractivity contribution in [2.24, 2.45) is 5.73 Å². The van der Waals surface area contributed by atoms with E-state index in [1.165, 1.54) is 31.4 Å². The quantitative estimate of drug-likeness (QED) is 0.684. The fraction of sp³-hybridized carbons (Fsp3) is 0.364. The molecule has 0 amide bonds. The highest BCUT2D eigenvalue weighted by atomic mass is 35.5. The molecule has 0 aliphatic carbocycles. The van der Waals surface area contributed by atoms with Crippen molar-refractivity contribution < 1.29 is 22.7 Å². The van der Waals surface area contributed by atoms with Crippen LogP contribution < -0.4 is 5.73 Å². The number of halogens is 4. The summed E-state index contributed by atoms with van der Waals surface area (Å²) in [4.78, 5) is 11.1. The first-order valence-electron chi connectivity index (χ1n) is 5.00. The van der Waals surface area contributed by atoms with Crippen LogP contribution in [0, 0.1) is 0 Å². The molecule has 1 aromatic carbocycles. The molecule has 0 aromatic heterocycles. The summed E-state index contributed by atoms with van der Waals surface area (Å²) >= 11 is -0.193. The molecule has 2 N–H and O–H groups in total. The zero-order valence-corrected chi connectivity index (χ0v) is 11.6. The Hall–Kier alpha value is -0.920. The van der Waals surface area contributed by atoms with Crippen LogP contribution in [0.2, 0.25) is 0 Å². The Morgan fingerprint density at radius 1 is 1.37 bits per heavy atom. The fourth-order valence-corrected chi connectivity index (χ4v) is 1.84. The van der Waals surface area contributed by atoms with E-state index in [0.29, 0.717) is 5.56 Å². The molecule has 1 atom stereocenters. The zero-order valence-electron chi connectivity index (χ0n) is 9.94. The molecule has 1 rings (SSSR count). The molecule has 19 heavy (non-hydrogen) atoms. The highest BCUT2D eigenvalue weighted by molar-refractivity contribution is 8.00. The van der Waals surface area contributed by atoms with Gasteiger partial charge in [0.25, 0.3) is 0 Å². The van der Waals surface area contributed by atoms with Crippen LogP contribution in [0.5, 0.6) is 0 Å². The van der Waals surface area contributed by atoms with Gasteiger partial charge in [0.05, 0.1) is 13.5 Å². The van der Waals surface area contributed by atoms with Crippen molar-refractivity contribution >= 4 is 30.1 Å². The number of alkyl halides is 3. The van der Waals surface area contributed by atoms with E-state index in [4.69, 9.17) is 5.73 Å². The molecule has 3 nitrogen and oxygen atoms in total. The standard InChI is InChI=1S/C11H12F3NO2S.ClH/c1-17-10(16)6-9(15)7-2-4-8(5-3-7)18-11(12,13)14;/h2-5,9H,6,15H2,1H3;1H/t9-;/m1./s1. The van der Waals surface area contributed by atoms with Gasteiger partial charge in [-0.3, -0.25) is 4.79 Å². The molecule has 0 saturated heterocycles. The van der Waals surface area contributed by atoms with Crippen molar-refractivity contribution in [3.05, 3.63) is 29.8 Å². The molecule has 0 saturated carbocycles. The predicted octanol–water partition coefficient (Wildman–Crippen LogP) is 3.28. The number of esters is 1. The number of thioether (sulfide) groups is 1. The lowest BCUT2D eigenvalue weighted by molar-refractivity contribution is -0.141. The van der Waals surface area contributed by atoms with E-state index < -0.39 is 17.5 Å². The summed E-state index contributed by atoms with van der Waals surface area (Å²) in [6, 6.07) is 5.01. The minimum Gasteiger partial charge on any atom is -0.469 e. The van der Waals surface area contributed by atoms with E-state index in [9.17, 15) is 18.0 Å². The summed E-state index contributed by atoms with van der Waals surface area (Å²) in [5, 5.41) is 0. The Morgan fingerprint density at radius 2 is 1.89 bits per heavy atom. The first kappa shape index (κ1) is 18.1. The summed E-state index contributed by atoms with van der Waals surface area (Å²) in [7, 11) is 1.25. The number of rotatable bonds is 4. The monoisotopic (exact) mass is 315 g/mol. The van der Waals surface area contributed by atoms with Crippen molar-refractivity contribution in [2.75, 3.05) is 7.11 Å². The smallest absolute Gasteiger partial charge is 0.446 e. The van der Waals surface area contributed by atoms with E-state index in [0.717, 1.165) is 0 Å². The van der Waals surface area contributed by atoms with Gasteiger partial charge in [0, 0.05) is 10.9 Å². The van der Waals surface area contributed by atoms with Crippen molar-refractivity contribution in [3.8, 4) is 0 Å². The summed E-state index contributed by atoms with van der Waals surface area (Å²) in [5.41, 5.74) is 2.00. The van der Waals surface area contributed by atoms with E-state index in [2.05, 4.69) is 4.74 Å². The summed E-state index contributed by atoms with van der Waals surface area (Å²) in [6.45, 7) is 0. The van der Waals surface area contributed by atoms with Crippen LogP contribution in [0.3, 0.4) is 0 Å². The first-order valence-corrected chi connectivity index (χ1v) is 5.81. The summed E-state index contributed by atoms with van der Waals surface area (Å²) in [5.74, 6) is -0.462. The average Bonchev–Trinajstić information content (AvgIpc) is 2.27. The molecule has 1 aromatic rings. The maximum Gasteiger partial charge on any atom is 0.446 e. The van der Waals surface area contributed by atoms with Crippen LogP contribution in [0.1, 0.15) is 18.0 Å². The number of nitrogens with two attached hydrogens (primary N) is 1. The Kier molecular flexibility index (Phi) is 7.25. The fourth-order valence-electron chi connectivity index (χ4n) is 1.30. The van der Waals surface area contributed by atoms with Crippen LogP contribution in [-0.4, -0.2) is 18.6 Å². The Labute approximate surface area is 119 Å². The van der Waals surface area contributed by atoms with Gasteiger partial charge in [-0.2, -0.15) is 13.2 Å². The maximum atomic E-state index is 12.1. The van der Waals surface area contributed by atoms with Gasteiger partial charge in [0.2, 0.25) is 0 Å². The van der Waals surface area contributed by atoms with E-state index in [-0.39, 0.29) is 35.5 Å². The third kappa shape index (κ3) is 6.70. The number of methoxy groups -OCH3 is 1. The van der Waals surface area contributed by atoms with Crippen molar-refractivity contribution in [3.63, 3.8) is 0 Å². The molecule has 0 bridgehead atoms. The maximum absolute atomic E-state index is 12.1. The number of carbonyl (C=O) groups is 1. The number of ether oxygens (including phenoxy) is 1. The third-order valence-corrected chi connectivity index (χ3v) is 2.90. The van der Waals surface area contributed by atoms with Gasteiger partial charge in [-0.05, 0) is 29.5 Å². The Balaban J connectivity index is 0.00000324.